The van der Waals surface area contributed by atoms with E-state index in [4.69, 9.17) is 9.57 Å². The Labute approximate surface area is 90.3 Å². The molecule has 0 aliphatic carbocycles. The maximum absolute atomic E-state index is 10.8. The molecule has 0 saturated carbocycles. The normalized spacial score (nSPS) is 24.8. The zero-order chi connectivity index (χ0) is 11.4. The van der Waals surface area contributed by atoms with Gasteiger partial charge in [-0.05, 0) is 0 Å². The number of carbonyl (C=O) groups is 1. The molecule has 0 aromatic carbocycles. The van der Waals surface area contributed by atoms with Crippen molar-refractivity contribution in [2.24, 2.45) is 0 Å². The third kappa shape index (κ3) is 0.965. The summed E-state index contributed by atoms with van der Waals surface area (Å²) in [5.41, 5.74) is 0.928. The molecule has 3 heterocycles. The van der Waals surface area contributed by atoms with Crippen LogP contribution >= 0.6 is 0 Å². The first kappa shape index (κ1) is 9.29. The van der Waals surface area contributed by atoms with Crippen molar-refractivity contribution in [3.63, 3.8) is 0 Å². The zero-order valence-corrected chi connectivity index (χ0v) is 8.38. The van der Waals surface area contributed by atoms with Gasteiger partial charge in [0.25, 0.3) is 0 Å². The number of hydrogen-bond donors (Lipinski definition) is 2. The molecule has 0 amide bonds. The number of nitrogens with zero attached hydrogens (tertiary/aromatic N) is 1. The molecule has 6 heteroatoms. The number of hydrogen-bond acceptors (Lipinski definition) is 5. The average molecular weight is 223 g/mol. The van der Waals surface area contributed by atoms with Crippen LogP contribution in [0.5, 0.6) is 11.8 Å². The molecule has 1 aromatic rings. The first-order chi connectivity index (χ1) is 7.59. The molecule has 0 spiro atoms. The fraction of sp³-hybridized carbons (Fsp3) is 0.300. The number of aromatic hydroxyl groups is 2. The van der Waals surface area contributed by atoms with E-state index in [9.17, 15) is 15.0 Å². The Balaban J connectivity index is 2.15. The van der Waals surface area contributed by atoms with Gasteiger partial charge in [-0.2, -0.15) is 0 Å². The summed E-state index contributed by atoms with van der Waals surface area (Å²) in [7, 11) is 0. The minimum absolute atomic E-state index is 0.292. The van der Waals surface area contributed by atoms with E-state index < -0.39 is 5.97 Å². The Bertz CT molecular complexity index is 480. The van der Waals surface area contributed by atoms with Crippen LogP contribution in [-0.4, -0.2) is 20.9 Å². The summed E-state index contributed by atoms with van der Waals surface area (Å²) in [6.45, 7) is 1.19. The summed E-state index contributed by atoms with van der Waals surface area (Å²) < 4.78 is 6.14. The van der Waals surface area contributed by atoms with E-state index in [1.807, 2.05) is 0 Å². The van der Waals surface area contributed by atoms with Crippen LogP contribution in [0.25, 0.3) is 0 Å². The van der Waals surface area contributed by atoms with Crippen molar-refractivity contribution < 1.29 is 24.6 Å². The highest BCUT2D eigenvalue weighted by molar-refractivity contribution is 5.67. The molecule has 2 aliphatic heterocycles. The molecule has 2 unspecified atom stereocenters. The molecule has 2 bridgehead atoms. The smallest absolute Gasteiger partial charge is 0.330 e. The quantitative estimate of drug-likeness (QED) is 0.680. The Morgan fingerprint density at radius 1 is 1.31 bits per heavy atom. The van der Waals surface area contributed by atoms with Gasteiger partial charge in [-0.3, -0.25) is 0 Å². The van der Waals surface area contributed by atoms with Gasteiger partial charge in [0.05, 0.1) is 11.1 Å². The Hall–Kier alpha value is -1.95. The minimum Gasteiger partial charge on any atom is -0.492 e. The average Bonchev–Trinajstić information content (AvgIpc) is 2.87. The van der Waals surface area contributed by atoms with Gasteiger partial charge < -0.3 is 19.8 Å². The summed E-state index contributed by atoms with van der Waals surface area (Å²) in [4.78, 5) is 15.5. The predicted molar refractivity (Wildman–Crippen MR) is 50.7 cm³/mol. The van der Waals surface area contributed by atoms with E-state index >= 15 is 0 Å². The van der Waals surface area contributed by atoms with Crippen LogP contribution in [-0.2, 0) is 9.53 Å². The van der Waals surface area contributed by atoms with Gasteiger partial charge in [-0.25, -0.2) is 4.79 Å². The number of aromatic nitrogens is 1. The maximum atomic E-state index is 10.8. The molecule has 16 heavy (non-hydrogen) atoms. The lowest BCUT2D eigenvalue weighted by atomic mass is 10.0. The highest BCUT2D eigenvalue weighted by Crippen LogP contribution is 2.54. The number of carbonyl (C=O) groups excluding carboxylic acids is 1. The van der Waals surface area contributed by atoms with Crippen molar-refractivity contribution in [1.82, 2.24) is 4.73 Å². The summed E-state index contributed by atoms with van der Waals surface area (Å²) in [5.74, 6) is -1.21. The van der Waals surface area contributed by atoms with Crippen LogP contribution in [0.4, 0.5) is 0 Å². The van der Waals surface area contributed by atoms with Crippen molar-refractivity contribution in [2.75, 3.05) is 0 Å². The van der Waals surface area contributed by atoms with Crippen molar-refractivity contribution in [3.8, 4) is 11.8 Å². The van der Waals surface area contributed by atoms with Crippen LogP contribution in [0.2, 0.25) is 0 Å². The van der Waals surface area contributed by atoms with Gasteiger partial charge in [-0.1, -0.05) is 12.2 Å². The van der Waals surface area contributed by atoms with Gasteiger partial charge in [0.15, 0.2) is 0 Å². The van der Waals surface area contributed by atoms with Crippen LogP contribution in [0.15, 0.2) is 12.2 Å². The molecule has 2 atom stereocenters. The largest absolute Gasteiger partial charge is 0.492 e. The predicted octanol–water partition coefficient (Wildman–Crippen LogP) is 0.557. The third-order valence-electron chi connectivity index (χ3n) is 2.70. The van der Waals surface area contributed by atoms with Gasteiger partial charge in [0.2, 0.25) is 11.8 Å². The molecule has 2 N–H and O–H groups in total. The van der Waals surface area contributed by atoms with Gasteiger partial charge >= 0.3 is 5.97 Å². The van der Waals surface area contributed by atoms with Crippen molar-refractivity contribution in [1.29, 1.82) is 0 Å². The second-order valence-corrected chi connectivity index (χ2v) is 3.71. The SMILES string of the molecule is CC(=O)On1c(O)c2c(c1O)C1C=CC2O1. The minimum atomic E-state index is -0.625. The van der Waals surface area contributed by atoms with E-state index in [1.54, 1.807) is 12.2 Å². The number of ether oxygens (including phenoxy) is 1. The molecule has 2 aliphatic rings. The maximum Gasteiger partial charge on any atom is 0.330 e. The van der Waals surface area contributed by atoms with E-state index in [0.717, 1.165) is 4.73 Å². The monoisotopic (exact) mass is 223 g/mol. The summed E-state index contributed by atoms with van der Waals surface area (Å²) >= 11 is 0. The lowest BCUT2D eigenvalue weighted by molar-refractivity contribution is -0.142. The van der Waals surface area contributed by atoms with Crippen LogP contribution < -0.4 is 4.84 Å². The lowest BCUT2D eigenvalue weighted by Crippen LogP contribution is -2.16. The molecule has 84 valence electrons. The third-order valence-corrected chi connectivity index (χ3v) is 2.70. The Morgan fingerprint density at radius 3 is 2.25 bits per heavy atom. The molecule has 0 fully saturated rings. The van der Waals surface area contributed by atoms with Crippen LogP contribution in [0, 0.1) is 0 Å². The van der Waals surface area contributed by atoms with Crippen molar-refractivity contribution in [2.45, 2.75) is 19.1 Å². The first-order valence-electron chi connectivity index (χ1n) is 4.78. The number of fused-ring (bicyclic) bond motifs is 5. The second-order valence-electron chi connectivity index (χ2n) is 3.71. The van der Waals surface area contributed by atoms with Gasteiger partial charge in [0.1, 0.15) is 12.2 Å². The second kappa shape index (κ2) is 2.79. The summed E-state index contributed by atoms with van der Waals surface area (Å²) in [6.07, 6.45) is 2.82. The number of rotatable bonds is 1. The molecular weight excluding hydrogens is 214 g/mol. The fourth-order valence-corrected chi connectivity index (χ4v) is 2.12. The fourth-order valence-electron chi connectivity index (χ4n) is 2.12. The summed E-state index contributed by atoms with van der Waals surface area (Å²) in [5, 5.41) is 19.6. The molecule has 0 radical (unpaired) electrons. The Kier molecular flexibility index (Phi) is 1.62. The topological polar surface area (TPSA) is 80.9 Å². The lowest BCUT2D eigenvalue weighted by Gasteiger charge is -2.08. The Morgan fingerprint density at radius 2 is 1.81 bits per heavy atom. The zero-order valence-electron chi connectivity index (χ0n) is 8.38. The van der Waals surface area contributed by atoms with Crippen LogP contribution in [0.1, 0.15) is 30.3 Å². The van der Waals surface area contributed by atoms with Gasteiger partial charge in [-0.15, -0.1) is 4.73 Å². The molecule has 1 aromatic heterocycles. The first-order valence-corrected chi connectivity index (χ1v) is 4.78. The molecule has 6 nitrogen and oxygen atoms in total. The van der Waals surface area contributed by atoms with Crippen molar-refractivity contribution in [3.05, 3.63) is 23.3 Å². The molecular formula is C10H9NO5. The summed E-state index contributed by atoms with van der Waals surface area (Å²) in [6, 6.07) is 0. The highest BCUT2D eigenvalue weighted by atomic mass is 16.7. The van der Waals surface area contributed by atoms with E-state index in [1.165, 1.54) is 6.92 Å². The van der Waals surface area contributed by atoms with E-state index in [0.29, 0.717) is 11.1 Å². The van der Waals surface area contributed by atoms with Crippen LogP contribution in [0.3, 0.4) is 0 Å². The molecule has 0 saturated heterocycles. The van der Waals surface area contributed by atoms with E-state index in [-0.39, 0.29) is 24.0 Å². The van der Waals surface area contributed by atoms with E-state index in [2.05, 4.69) is 0 Å². The van der Waals surface area contributed by atoms with Gasteiger partial charge in [0, 0.05) is 6.92 Å². The standard InChI is InChI=1S/C10H9NO5/c1-4(12)16-11-9(13)7-5-2-3-6(15-5)8(7)10(11)14/h2-3,5-6,13-14H,1H3. The van der Waals surface area contributed by atoms with Crippen molar-refractivity contribution >= 4 is 5.97 Å². The molecule has 3 rings (SSSR count). The highest BCUT2D eigenvalue weighted by Gasteiger charge is 2.43.